The summed E-state index contributed by atoms with van der Waals surface area (Å²) >= 11 is 4.98. The maximum atomic E-state index is 12.8. The lowest BCUT2D eigenvalue weighted by Gasteiger charge is -2.21. The van der Waals surface area contributed by atoms with E-state index in [0.717, 1.165) is 15.4 Å². The highest BCUT2D eigenvalue weighted by Gasteiger charge is 2.33. The number of halogens is 4. The Labute approximate surface area is 133 Å². The molecular formula is C14H14BrF3N2S. The first-order chi connectivity index (χ1) is 9.81. The molecule has 0 aliphatic rings. The molecule has 0 aliphatic carbocycles. The van der Waals surface area contributed by atoms with Crippen molar-refractivity contribution >= 4 is 33.0 Å². The average molecular weight is 379 g/mol. The van der Waals surface area contributed by atoms with Crippen molar-refractivity contribution in [2.75, 3.05) is 11.9 Å². The lowest BCUT2D eigenvalue weighted by molar-refractivity contribution is -0.138. The molecule has 0 unspecified atom stereocenters. The first-order valence-electron chi connectivity index (χ1n) is 6.15. The van der Waals surface area contributed by atoms with Gasteiger partial charge < -0.3 is 10.6 Å². The van der Waals surface area contributed by atoms with Gasteiger partial charge in [-0.2, -0.15) is 13.2 Å². The Morgan fingerprint density at radius 2 is 2.00 bits per heavy atom. The number of hydrogen-bond donors (Lipinski definition) is 1. The highest BCUT2D eigenvalue weighted by atomic mass is 79.9. The lowest BCUT2D eigenvalue weighted by Crippen LogP contribution is -2.18. The Kier molecular flexibility index (Phi) is 4.95. The second kappa shape index (κ2) is 6.37. The topological polar surface area (TPSA) is 29.3 Å². The molecule has 2 N–H and O–H groups in total. The molecule has 2 aromatic rings. The number of rotatable bonds is 4. The van der Waals surface area contributed by atoms with E-state index in [1.807, 2.05) is 23.4 Å². The molecule has 1 heterocycles. The summed E-state index contributed by atoms with van der Waals surface area (Å²) in [6.07, 6.45) is -4.37. The third-order valence-electron chi connectivity index (χ3n) is 3.07. The molecule has 0 radical (unpaired) electrons. The average Bonchev–Trinajstić information content (AvgIpc) is 2.82. The van der Waals surface area contributed by atoms with Gasteiger partial charge in [0.15, 0.2) is 0 Å². The predicted octanol–water partition coefficient (Wildman–Crippen LogP) is 4.62. The van der Waals surface area contributed by atoms with Crippen LogP contribution in [-0.2, 0) is 19.3 Å². The normalized spacial score (nSPS) is 11.7. The third kappa shape index (κ3) is 3.99. The van der Waals surface area contributed by atoms with E-state index in [2.05, 4.69) is 15.9 Å². The summed E-state index contributed by atoms with van der Waals surface area (Å²) < 4.78 is 39.5. The van der Waals surface area contributed by atoms with E-state index in [1.165, 1.54) is 12.1 Å². The highest BCUT2D eigenvalue weighted by molar-refractivity contribution is 9.10. The van der Waals surface area contributed by atoms with Gasteiger partial charge in [0.25, 0.3) is 0 Å². The van der Waals surface area contributed by atoms with E-state index in [9.17, 15) is 13.2 Å². The van der Waals surface area contributed by atoms with Crippen molar-refractivity contribution in [2.45, 2.75) is 19.3 Å². The highest BCUT2D eigenvalue weighted by Crippen LogP contribution is 2.34. The van der Waals surface area contributed by atoms with E-state index >= 15 is 0 Å². The molecule has 0 amide bonds. The van der Waals surface area contributed by atoms with Crippen LogP contribution in [0.5, 0.6) is 0 Å². The van der Waals surface area contributed by atoms with Crippen LogP contribution in [0.2, 0.25) is 0 Å². The van der Waals surface area contributed by atoms with Gasteiger partial charge in [0.1, 0.15) is 0 Å². The molecule has 1 aromatic heterocycles. The van der Waals surface area contributed by atoms with Crippen LogP contribution in [0.15, 0.2) is 34.1 Å². The smallest absolute Gasteiger partial charge is 0.369 e. The summed E-state index contributed by atoms with van der Waals surface area (Å²) in [6, 6.07) is 6.07. The molecule has 114 valence electrons. The maximum absolute atomic E-state index is 12.8. The summed E-state index contributed by atoms with van der Waals surface area (Å²) in [4.78, 5) is 3.02. The van der Waals surface area contributed by atoms with Crippen LogP contribution in [0.25, 0.3) is 0 Å². The number of nitrogens with two attached hydrogens (primary N) is 1. The number of thiophene rings is 1. The summed E-state index contributed by atoms with van der Waals surface area (Å²) in [5.74, 6) is 0. The fourth-order valence-corrected chi connectivity index (χ4v) is 3.53. The summed E-state index contributed by atoms with van der Waals surface area (Å²) in [7, 11) is 1.84. The molecule has 0 spiro atoms. The van der Waals surface area contributed by atoms with Gasteiger partial charge in [0.2, 0.25) is 0 Å². The standard InChI is InChI=1S/C14H14BrF3N2S/c1-20(7-12-5-10(15)8-21-12)11-2-3-13(14(16,17)18)9(4-11)6-19/h2-5,8H,6-7,19H2,1H3. The van der Waals surface area contributed by atoms with Crippen LogP contribution in [0.4, 0.5) is 18.9 Å². The van der Waals surface area contributed by atoms with Crippen molar-refractivity contribution in [1.82, 2.24) is 0 Å². The van der Waals surface area contributed by atoms with E-state index in [4.69, 9.17) is 5.73 Å². The summed E-state index contributed by atoms with van der Waals surface area (Å²) in [6.45, 7) is 0.493. The minimum absolute atomic E-state index is 0.110. The Bertz CT molecular complexity index is 625. The molecule has 0 fully saturated rings. The van der Waals surface area contributed by atoms with Gasteiger partial charge in [0.05, 0.1) is 12.1 Å². The van der Waals surface area contributed by atoms with Crippen molar-refractivity contribution in [2.24, 2.45) is 5.73 Å². The number of nitrogens with zero attached hydrogens (tertiary/aromatic N) is 1. The first-order valence-corrected chi connectivity index (χ1v) is 7.82. The van der Waals surface area contributed by atoms with Crippen LogP contribution in [0.1, 0.15) is 16.0 Å². The summed E-state index contributed by atoms with van der Waals surface area (Å²) in [5.41, 5.74) is 5.61. The van der Waals surface area contributed by atoms with Crippen molar-refractivity contribution in [3.63, 3.8) is 0 Å². The lowest BCUT2D eigenvalue weighted by atomic mass is 10.1. The van der Waals surface area contributed by atoms with E-state index in [0.29, 0.717) is 12.2 Å². The molecule has 0 bridgehead atoms. The Morgan fingerprint density at radius 3 is 2.52 bits per heavy atom. The van der Waals surface area contributed by atoms with Gasteiger partial charge in [0, 0.05) is 34.0 Å². The SMILES string of the molecule is CN(Cc1cc(Br)cs1)c1ccc(C(F)(F)F)c(CN)c1. The minimum atomic E-state index is -4.37. The first kappa shape index (κ1) is 16.3. The number of alkyl halides is 3. The van der Waals surface area contributed by atoms with E-state index < -0.39 is 11.7 Å². The monoisotopic (exact) mass is 378 g/mol. The van der Waals surface area contributed by atoms with Crippen molar-refractivity contribution < 1.29 is 13.2 Å². The molecule has 2 nitrogen and oxygen atoms in total. The van der Waals surface area contributed by atoms with Crippen LogP contribution >= 0.6 is 27.3 Å². The maximum Gasteiger partial charge on any atom is 0.416 e. The number of benzene rings is 1. The van der Waals surface area contributed by atoms with Crippen LogP contribution in [-0.4, -0.2) is 7.05 Å². The minimum Gasteiger partial charge on any atom is -0.369 e. The van der Waals surface area contributed by atoms with E-state index in [1.54, 1.807) is 11.3 Å². The van der Waals surface area contributed by atoms with E-state index in [-0.39, 0.29) is 12.1 Å². The predicted molar refractivity (Wildman–Crippen MR) is 83.5 cm³/mol. The quantitative estimate of drug-likeness (QED) is 0.840. The molecule has 21 heavy (non-hydrogen) atoms. The zero-order valence-corrected chi connectivity index (χ0v) is 13.6. The largest absolute Gasteiger partial charge is 0.416 e. The Morgan fingerprint density at radius 1 is 1.29 bits per heavy atom. The van der Waals surface area contributed by atoms with Gasteiger partial charge in [-0.15, -0.1) is 11.3 Å². The van der Waals surface area contributed by atoms with Crippen LogP contribution in [0, 0.1) is 0 Å². The van der Waals surface area contributed by atoms with Crippen LogP contribution < -0.4 is 10.6 Å². The molecule has 1 aromatic carbocycles. The van der Waals surface area contributed by atoms with Gasteiger partial charge in [-0.25, -0.2) is 0 Å². The second-order valence-electron chi connectivity index (χ2n) is 4.63. The van der Waals surface area contributed by atoms with Crippen molar-refractivity contribution in [3.05, 3.63) is 50.1 Å². The summed E-state index contributed by atoms with van der Waals surface area (Å²) in [5, 5.41) is 1.97. The fourth-order valence-electron chi connectivity index (χ4n) is 2.02. The molecule has 2 rings (SSSR count). The number of anilines is 1. The van der Waals surface area contributed by atoms with Crippen LogP contribution in [0.3, 0.4) is 0 Å². The fraction of sp³-hybridized carbons (Fsp3) is 0.286. The Balaban J connectivity index is 2.24. The zero-order chi connectivity index (χ0) is 15.6. The molecular weight excluding hydrogens is 365 g/mol. The molecule has 0 aliphatic heterocycles. The van der Waals surface area contributed by atoms with Crippen molar-refractivity contribution in [1.29, 1.82) is 0 Å². The van der Waals surface area contributed by atoms with Gasteiger partial charge >= 0.3 is 6.18 Å². The van der Waals surface area contributed by atoms with Gasteiger partial charge in [-0.3, -0.25) is 0 Å². The van der Waals surface area contributed by atoms with Gasteiger partial charge in [-0.05, 0) is 45.8 Å². The molecule has 0 saturated carbocycles. The molecule has 0 saturated heterocycles. The van der Waals surface area contributed by atoms with Gasteiger partial charge in [-0.1, -0.05) is 0 Å². The second-order valence-corrected chi connectivity index (χ2v) is 6.54. The van der Waals surface area contributed by atoms with Crippen molar-refractivity contribution in [3.8, 4) is 0 Å². The number of hydrogen-bond acceptors (Lipinski definition) is 3. The zero-order valence-electron chi connectivity index (χ0n) is 11.2. The Hall–Kier alpha value is -1.05. The molecule has 0 atom stereocenters. The third-order valence-corrected chi connectivity index (χ3v) is 4.75. The molecule has 7 heteroatoms.